The highest BCUT2D eigenvalue weighted by atomic mass is 19.1. The van der Waals surface area contributed by atoms with Gasteiger partial charge in [-0.3, -0.25) is 4.79 Å². The number of nitrogens with two attached hydrogens (primary N) is 1. The second kappa shape index (κ2) is 5.61. The first-order valence-corrected chi connectivity index (χ1v) is 5.14. The van der Waals surface area contributed by atoms with Gasteiger partial charge >= 0.3 is 0 Å². The molecule has 0 aromatic heterocycles. The quantitative estimate of drug-likeness (QED) is 0.598. The Labute approximate surface area is 89.3 Å². The van der Waals surface area contributed by atoms with Gasteiger partial charge in [-0.2, -0.15) is 0 Å². The van der Waals surface area contributed by atoms with Crippen molar-refractivity contribution >= 4 is 5.78 Å². The van der Waals surface area contributed by atoms with Gasteiger partial charge in [0.05, 0.1) is 0 Å². The number of rotatable bonds is 5. The number of unbranched alkanes of at least 4 members (excludes halogenated alkanes) is 1. The lowest BCUT2D eigenvalue weighted by Crippen LogP contribution is -2.04. The lowest BCUT2D eigenvalue weighted by molar-refractivity contribution is 0.0978. The van der Waals surface area contributed by atoms with Crippen LogP contribution in [0.2, 0.25) is 0 Å². The first kappa shape index (κ1) is 11.9. The van der Waals surface area contributed by atoms with Gasteiger partial charge in [-0.05, 0) is 44.0 Å². The summed E-state index contributed by atoms with van der Waals surface area (Å²) in [5, 5.41) is 0. The maximum absolute atomic E-state index is 12.9. The topological polar surface area (TPSA) is 43.1 Å². The minimum absolute atomic E-state index is 0.000417. The fourth-order valence-electron chi connectivity index (χ4n) is 1.46. The third-order valence-electron chi connectivity index (χ3n) is 2.36. The van der Waals surface area contributed by atoms with Crippen molar-refractivity contribution in [1.82, 2.24) is 0 Å². The summed E-state index contributed by atoms with van der Waals surface area (Å²) in [6.07, 6.45) is 2.05. The fourth-order valence-corrected chi connectivity index (χ4v) is 1.46. The molecule has 0 aliphatic heterocycles. The summed E-state index contributed by atoms with van der Waals surface area (Å²) < 4.78 is 12.9. The zero-order valence-electron chi connectivity index (χ0n) is 8.92. The average Bonchev–Trinajstić information content (AvgIpc) is 2.22. The van der Waals surface area contributed by atoms with Crippen LogP contribution in [0.3, 0.4) is 0 Å². The average molecular weight is 209 g/mol. The first-order chi connectivity index (χ1) is 7.15. The largest absolute Gasteiger partial charge is 0.330 e. The van der Waals surface area contributed by atoms with Crippen LogP contribution in [0.5, 0.6) is 0 Å². The maximum atomic E-state index is 12.9. The van der Waals surface area contributed by atoms with Gasteiger partial charge in [0.15, 0.2) is 5.78 Å². The number of hydrogen-bond donors (Lipinski definition) is 1. The molecule has 3 heteroatoms. The number of aryl methyl sites for hydroxylation is 1. The van der Waals surface area contributed by atoms with Gasteiger partial charge < -0.3 is 5.73 Å². The van der Waals surface area contributed by atoms with Crippen LogP contribution < -0.4 is 5.73 Å². The van der Waals surface area contributed by atoms with E-state index in [-0.39, 0.29) is 11.6 Å². The molecule has 0 unspecified atom stereocenters. The highest BCUT2D eigenvalue weighted by Crippen LogP contribution is 2.13. The lowest BCUT2D eigenvalue weighted by atomic mass is 10.0. The van der Waals surface area contributed by atoms with Gasteiger partial charge in [0.1, 0.15) is 5.82 Å². The summed E-state index contributed by atoms with van der Waals surface area (Å²) >= 11 is 0. The second-order valence-electron chi connectivity index (χ2n) is 3.63. The van der Waals surface area contributed by atoms with Crippen molar-refractivity contribution in [2.75, 3.05) is 6.54 Å². The third kappa shape index (κ3) is 3.44. The third-order valence-corrected chi connectivity index (χ3v) is 2.36. The minimum Gasteiger partial charge on any atom is -0.330 e. The van der Waals surface area contributed by atoms with Gasteiger partial charge in [-0.25, -0.2) is 4.39 Å². The van der Waals surface area contributed by atoms with Gasteiger partial charge in [-0.15, -0.1) is 0 Å². The van der Waals surface area contributed by atoms with Crippen LogP contribution in [-0.2, 0) is 0 Å². The minimum atomic E-state index is -0.359. The van der Waals surface area contributed by atoms with Crippen LogP contribution in [0.15, 0.2) is 18.2 Å². The molecule has 82 valence electrons. The molecule has 0 amide bonds. The number of halogens is 1. The molecule has 0 spiro atoms. The van der Waals surface area contributed by atoms with Crippen molar-refractivity contribution in [2.24, 2.45) is 5.73 Å². The van der Waals surface area contributed by atoms with Gasteiger partial charge in [0, 0.05) is 12.0 Å². The maximum Gasteiger partial charge on any atom is 0.163 e. The van der Waals surface area contributed by atoms with Crippen LogP contribution in [0, 0.1) is 12.7 Å². The molecule has 0 heterocycles. The highest BCUT2D eigenvalue weighted by molar-refractivity contribution is 5.97. The molecular formula is C12H16FNO. The molecule has 1 aromatic rings. The summed E-state index contributed by atoms with van der Waals surface area (Å²) in [7, 11) is 0. The van der Waals surface area contributed by atoms with E-state index in [1.165, 1.54) is 12.1 Å². The zero-order chi connectivity index (χ0) is 11.3. The number of carbonyl (C=O) groups is 1. The molecule has 0 aliphatic rings. The van der Waals surface area contributed by atoms with E-state index in [4.69, 9.17) is 5.73 Å². The molecular weight excluding hydrogens is 193 g/mol. The fraction of sp³-hybridized carbons (Fsp3) is 0.417. The normalized spacial score (nSPS) is 10.3. The van der Waals surface area contributed by atoms with E-state index in [1.807, 2.05) is 6.92 Å². The van der Waals surface area contributed by atoms with Crippen molar-refractivity contribution in [1.29, 1.82) is 0 Å². The predicted octanol–water partition coefficient (Wildman–Crippen LogP) is 2.45. The molecule has 15 heavy (non-hydrogen) atoms. The molecule has 0 aliphatic carbocycles. The number of carbonyl (C=O) groups excluding carboxylic acids is 1. The molecule has 1 rings (SSSR count). The van der Waals surface area contributed by atoms with Gasteiger partial charge in [-0.1, -0.05) is 6.07 Å². The van der Waals surface area contributed by atoms with Crippen molar-refractivity contribution < 1.29 is 9.18 Å². The molecule has 2 N–H and O–H groups in total. The number of benzene rings is 1. The predicted molar refractivity (Wildman–Crippen MR) is 58.4 cm³/mol. The van der Waals surface area contributed by atoms with E-state index >= 15 is 0 Å². The zero-order valence-corrected chi connectivity index (χ0v) is 8.92. The van der Waals surface area contributed by atoms with E-state index < -0.39 is 0 Å². The van der Waals surface area contributed by atoms with Crippen molar-refractivity contribution in [2.45, 2.75) is 26.2 Å². The Kier molecular flexibility index (Phi) is 4.43. The molecule has 2 nitrogen and oxygen atoms in total. The smallest absolute Gasteiger partial charge is 0.163 e. The summed E-state index contributed by atoms with van der Waals surface area (Å²) in [6, 6.07) is 4.30. The van der Waals surface area contributed by atoms with E-state index in [9.17, 15) is 9.18 Å². The molecule has 0 bridgehead atoms. The Morgan fingerprint density at radius 1 is 1.40 bits per heavy atom. The number of hydrogen-bond acceptors (Lipinski definition) is 2. The Bertz CT molecular complexity index is 349. The second-order valence-corrected chi connectivity index (χ2v) is 3.63. The van der Waals surface area contributed by atoms with Crippen LogP contribution in [0.4, 0.5) is 4.39 Å². The van der Waals surface area contributed by atoms with Crippen molar-refractivity contribution in [3.05, 3.63) is 35.1 Å². The van der Waals surface area contributed by atoms with Gasteiger partial charge in [0.25, 0.3) is 0 Å². The van der Waals surface area contributed by atoms with E-state index in [0.717, 1.165) is 18.4 Å². The number of Topliss-reactive ketones (excluding diaryl/α,β-unsaturated/α-hetero) is 1. The van der Waals surface area contributed by atoms with Crippen molar-refractivity contribution in [3.8, 4) is 0 Å². The summed E-state index contributed by atoms with van der Waals surface area (Å²) in [6.45, 7) is 2.41. The van der Waals surface area contributed by atoms with Crippen LogP contribution >= 0.6 is 0 Å². The SMILES string of the molecule is Cc1ccc(F)cc1C(=O)CCCCN. The Morgan fingerprint density at radius 3 is 2.80 bits per heavy atom. The Balaban J connectivity index is 2.68. The molecule has 0 saturated heterocycles. The van der Waals surface area contributed by atoms with Crippen LogP contribution in [0.25, 0.3) is 0 Å². The summed E-state index contributed by atoms with van der Waals surface area (Å²) in [4.78, 5) is 11.7. The van der Waals surface area contributed by atoms with Gasteiger partial charge in [0.2, 0.25) is 0 Å². The Morgan fingerprint density at radius 2 is 2.13 bits per heavy atom. The molecule has 1 aromatic carbocycles. The molecule has 0 radical (unpaired) electrons. The molecule has 0 fully saturated rings. The highest BCUT2D eigenvalue weighted by Gasteiger charge is 2.09. The van der Waals surface area contributed by atoms with E-state index in [0.29, 0.717) is 18.5 Å². The molecule has 0 atom stereocenters. The standard InChI is InChI=1S/C12H16FNO/c1-9-5-6-10(13)8-11(9)12(15)4-2-3-7-14/h5-6,8H,2-4,7,14H2,1H3. The summed E-state index contributed by atoms with van der Waals surface area (Å²) in [5.74, 6) is -0.358. The lowest BCUT2D eigenvalue weighted by Gasteiger charge is -2.04. The van der Waals surface area contributed by atoms with E-state index in [2.05, 4.69) is 0 Å². The molecule has 0 saturated carbocycles. The Hall–Kier alpha value is -1.22. The van der Waals surface area contributed by atoms with Crippen LogP contribution in [0.1, 0.15) is 35.2 Å². The number of ketones is 1. The van der Waals surface area contributed by atoms with Crippen LogP contribution in [-0.4, -0.2) is 12.3 Å². The van der Waals surface area contributed by atoms with E-state index in [1.54, 1.807) is 6.07 Å². The summed E-state index contributed by atoms with van der Waals surface area (Å²) in [5.41, 5.74) is 6.66. The monoisotopic (exact) mass is 209 g/mol. The first-order valence-electron chi connectivity index (χ1n) is 5.14. The van der Waals surface area contributed by atoms with Crippen molar-refractivity contribution in [3.63, 3.8) is 0 Å².